The topological polar surface area (TPSA) is 0 Å². The van der Waals surface area contributed by atoms with Crippen LogP contribution >= 0.6 is 21.6 Å². The Hall–Kier alpha value is 0.115. The smallest absolute Gasteiger partial charge is 0.0651 e. The summed E-state index contributed by atoms with van der Waals surface area (Å²) < 4.78 is -1.17. The number of benzene rings is 1. The van der Waals surface area contributed by atoms with Gasteiger partial charge in [-0.15, -0.1) is 10.8 Å². The molecule has 0 aliphatic rings. The van der Waals surface area contributed by atoms with E-state index in [9.17, 15) is 0 Å². The first kappa shape index (κ1) is 11.2. The van der Waals surface area contributed by atoms with E-state index < -0.39 is 4.45 Å². The molecule has 60 valence electrons. The Kier molecular flexibility index (Phi) is 3.93. The third kappa shape index (κ3) is 4.77. The summed E-state index contributed by atoms with van der Waals surface area (Å²) in [6.07, 6.45) is 0. The molecule has 0 spiro atoms. The maximum atomic E-state index is 5.41. The van der Waals surface area contributed by atoms with Crippen molar-refractivity contribution in [2.75, 3.05) is 0 Å². The molecule has 1 aromatic rings. The van der Waals surface area contributed by atoms with Gasteiger partial charge in [0.15, 0.2) is 0 Å². The zero-order chi connectivity index (χ0) is 9.90. The first-order chi connectivity index (χ1) is 5.97. The molecule has 5 heteroatoms. The Bertz CT molecular complexity index is 266. The Balaban J connectivity index is 2.51. The van der Waals surface area contributed by atoms with Crippen molar-refractivity contribution < 1.29 is 0 Å². The SMILES string of the molecule is [B]C([B])([B])SSc1ccc(C)cc1. The van der Waals surface area contributed by atoms with Crippen LogP contribution in [0.3, 0.4) is 0 Å². The fourth-order valence-corrected chi connectivity index (χ4v) is 2.26. The van der Waals surface area contributed by atoms with Crippen molar-refractivity contribution in [2.24, 2.45) is 0 Å². The van der Waals surface area contributed by atoms with Gasteiger partial charge in [-0.3, -0.25) is 0 Å². The number of rotatable bonds is 3. The monoisotopic (exact) mass is 200 g/mol. The highest BCUT2D eigenvalue weighted by molar-refractivity contribution is 8.78. The summed E-state index contributed by atoms with van der Waals surface area (Å²) in [5.41, 5.74) is 1.23. The largest absolute Gasteiger partial charge is 0.110 e. The van der Waals surface area contributed by atoms with Crippen molar-refractivity contribution in [1.82, 2.24) is 0 Å². The van der Waals surface area contributed by atoms with E-state index in [2.05, 4.69) is 0 Å². The minimum atomic E-state index is -1.17. The van der Waals surface area contributed by atoms with Crippen LogP contribution in [0.1, 0.15) is 5.56 Å². The van der Waals surface area contributed by atoms with Gasteiger partial charge in [0.2, 0.25) is 0 Å². The highest BCUT2D eigenvalue weighted by atomic mass is 33.1. The molecule has 0 bridgehead atoms. The van der Waals surface area contributed by atoms with Gasteiger partial charge >= 0.3 is 0 Å². The fourth-order valence-electron chi connectivity index (χ4n) is 0.714. The van der Waals surface area contributed by atoms with Gasteiger partial charge in [0, 0.05) is 4.90 Å². The van der Waals surface area contributed by atoms with Crippen LogP contribution in [-0.2, 0) is 0 Å². The molecule has 0 saturated carbocycles. The second kappa shape index (κ2) is 4.56. The van der Waals surface area contributed by atoms with Crippen molar-refractivity contribution in [3.8, 4) is 0 Å². The summed E-state index contributed by atoms with van der Waals surface area (Å²) >= 11 is 0. The van der Waals surface area contributed by atoms with E-state index in [0.29, 0.717) is 0 Å². The van der Waals surface area contributed by atoms with E-state index in [1.807, 2.05) is 31.2 Å². The number of hydrogen-bond donors (Lipinski definition) is 0. The summed E-state index contributed by atoms with van der Waals surface area (Å²) in [7, 11) is 19.0. The maximum absolute atomic E-state index is 5.41. The van der Waals surface area contributed by atoms with Gasteiger partial charge in [-0.25, -0.2) is 0 Å². The van der Waals surface area contributed by atoms with Crippen molar-refractivity contribution in [3.63, 3.8) is 0 Å². The average molecular weight is 200 g/mol. The standard InChI is InChI=1S/C8H7B3S2/c1-6-2-4-7(5-3-6)12-13-8(9,10)11/h2-5H,1H3. The Morgan fingerprint density at radius 2 is 1.62 bits per heavy atom. The lowest BCUT2D eigenvalue weighted by molar-refractivity contribution is 1.38. The summed E-state index contributed by atoms with van der Waals surface area (Å²) in [6, 6.07) is 8.10. The summed E-state index contributed by atoms with van der Waals surface area (Å²) in [6.45, 7) is 2.04. The van der Waals surface area contributed by atoms with E-state index in [1.165, 1.54) is 27.2 Å². The van der Waals surface area contributed by atoms with Gasteiger partial charge in [-0.05, 0) is 19.1 Å². The molecule has 0 aliphatic carbocycles. The van der Waals surface area contributed by atoms with E-state index in [0.717, 1.165) is 4.90 Å². The van der Waals surface area contributed by atoms with Crippen LogP contribution in [0.25, 0.3) is 0 Å². The van der Waals surface area contributed by atoms with E-state index in [1.54, 1.807) is 0 Å². The molecule has 0 N–H and O–H groups in total. The molecule has 0 nitrogen and oxygen atoms in total. The first-order valence-corrected chi connectivity index (χ1v) is 5.91. The van der Waals surface area contributed by atoms with Gasteiger partial charge < -0.3 is 0 Å². The Labute approximate surface area is 91.3 Å². The predicted octanol–water partition coefficient (Wildman–Crippen LogP) is 1.85. The molecule has 0 unspecified atom stereocenters. The zero-order valence-corrected chi connectivity index (χ0v) is 8.99. The van der Waals surface area contributed by atoms with Crippen molar-refractivity contribution in [1.29, 1.82) is 0 Å². The zero-order valence-electron chi connectivity index (χ0n) is 7.36. The van der Waals surface area contributed by atoms with Crippen molar-refractivity contribution >= 4 is 45.1 Å². The molecular weight excluding hydrogens is 193 g/mol. The summed E-state index contributed by atoms with van der Waals surface area (Å²) in [5, 5.41) is 0. The normalized spacial score (nSPS) is 11.5. The van der Waals surface area contributed by atoms with Crippen LogP contribution in [0.2, 0.25) is 0 Å². The minimum absolute atomic E-state index is 1.10. The third-order valence-electron chi connectivity index (χ3n) is 1.30. The number of hydrogen-bond acceptors (Lipinski definition) is 2. The van der Waals surface area contributed by atoms with Crippen LogP contribution in [-0.4, -0.2) is 28.0 Å². The van der Waals surface area contributed by atoms with Gasteiger partial charge in [0.25, 0.3) is 0 Å². The van der Waals surface area contributed by atoms with E-state index >= 15 is 0 Å². The first-order valence-electron chi connectivity index (χ1n) is 3.76. The van der Waals surface area contributed by atoms with E-state index in [-0.39, 0.29) is 0 Å². The van der Waals surface area contributed by atoms with Crippen LogP contribution in [0.5, 0.6) is 0 Å². The molecule has 0 amide bonds. The predicted molar refractivity (Wildman–Crippen MR) is 64.6 cm³/mol. The van der Waals surface area contributed by atoms with Gasteiger partial charge in [-0.2, -0.15) is 0 Å². The summed E-state index contributed by atoms with van der Waals surface area (Å²) in [4.78, 5) is 1.10. The van der Waals surface area contributed by atoms with Gasteiger partial charge in [-0.1, -0.05) is 32.9 Å². The molecular formula is C8H7B3S2. The highest BCUT2D eigenvalue weighted by Crippen LogP contribution is 2.36. The summed E-state index contributed by atoms with van der Waals surface area (Å²) in [5.74, 6) is 0. The molecule has 0 aliphatic heterocycles. The third-order valence-corrected chi connectivity index (χ3v) is 3.83. The molecule has 13 heavy (non-hydrogen) atoms. The Morgan fingerprint density at radius 1 is 1.08 bits per heavy atom. The highest BCUT2D eigenvalue weighted by Gasteiger charge is 2.09. The quantitative estimate of drug-likeness (QED) is 0.539. The molecule has 1 aromatic carbocycles. The molecule has 1 rings (SSSR count). The number of aryl methyl sites for hydroxylation is 1. The van der Waals surface area contributed by atoms with Crippen LogP contribution in [0.15, 0.2) is 29.2 Å². The minimum Gasteiger partial charge on any atom is -0.110 e. The molecule has 0 saturated heterocycles. The lowest BCUT2D eigenvalue weighted by atomic mass is 9.56. The van der Waals surface area contributed by atoms with Gasteiger partial charge in [0.05, 0.1) is 23.5 Å². The van der Waals surface area contributed by atoms with Crippen molar-refractivity contribution in [3.05, 3.63) is 29.8 Å². The van der Waals surface area contributed by atoms with Gasteiger partial charge in [0.1, 0.15) is 0 Å². The fraction of sp³-hybridized carbons (Fsp3) is 0.250. The maximum Gasteiger partial charge on any atom is 0.0651 e. The lowest BCUT2D eigenvalue weighted by Crippen LogP contribution is -2.23. The molecule has 0 atom stereocenters. The van der Waals surface area contributed by atoms with Crippen LogP contribution < -0.4 is 0 Å². The van der Waals surface area contributed by atoms with Crippen LogP contribution in [0.4, 0.5) is 0 Å². The average Bonchev–Trinajstić information content (AvgIpc) is 2.02. The van der Waals surface area contributed by atoms with Crippen molar-refractivity contribution in [2.45, 2.75) is 16.3 Å². The van der Waals surface area contributed by atoms with E-state index in [4.69, 9.17) is 23.5 Å². The molecule has 0 fully saturated rings. The molecule has 0 aromatic heterocycles. The second-order valence-corrected chi connectivity index (χ2v) is 5.35. The lowest BCUT2D eigenvalue weighted by Gasteiger charge is -2.17. The molecule has 0 heterocycles. The van der Waals surface area contributed by atoms with Crippen LogP contribution in [0, 0.1) is 6.92 Å². The second-order valence-electron chi connectivity index (χ2n) is 2.83. The Morgan fingerprint density at radius 3 is 2.08 bits per heavy atom. The molecule has 6 radical (unpaired) electrons.